The van der Waals surface area contributed by atoms with Gasteiger partial charge in [-0.15, -0.1) is 11.3 Å². The predicted molar refractivity (Wildman–Crippen MR) is 95.3 cm³/mol. The molecular formula is C16H10Cl3NS. The molecule has 3 rings (SSSR count). The van der Waals surface area contributed by atoms with Crippen LogP contribution in [0.4, 0.5) is 5.69 Å². The highest BCUT2D eigenvalue weighted by atomic mass is 35.5. The van der Waals surface area contributed by atoms with Gasteiger partial charge in [-0.25, -0.2) is 0 Å². The van der Waals surface area contributed by atoms with E-state index in [1.807, 2.05) is 24.4 Å². The second kappa shape index (κ2) is 5.98. The molecule has 0 saturated carbocycles. The van der Waals surface area contributed by atoms with E-state index in [0.717, 1.165) is 21.7 Å². The van der Waals surface area contributed by atoms with Gasteiger partial charge in [-0.05, 0) is 43.3 Å². The molecule has 0 radical (unpaired) electrons. The third kappa shape index (κ3) is 3.24. The quantitative estimate of drug-likeness (QED) is 0.443. The molecule has 0 atom stereocenters. The number of hydrogen-bond donors (Lipinski definition) is 0. The fraction of sp³-hybridized carbons (Fsp3) is 0.0625. The number of nitrogens with zero attached hydrogens (tertiary/aromatic N) is 1. The molecule has 1 nitrogen and oxygen atoms in total. The van der Waals surface area contributed by atoms with Crippen LogP contribution < -0.4 is 0 Å². The number of thiophene rings is 1. The Morgan fingerprint density at radius 1 is 0.952 bits per heavy atom. The highest BCUT2D eigenvalue weighted by Gasteiger charge is 2.07. The Hall–Kier alpha value is -1.06. The summed E-state index contributed by atoms with van der Waals surface area (Å²) in [7, 11) is 0. The number of hydrogen-bond acceptors (Lipinski definition) is 2. The van der Waals surface area contributed by atoms with Gasteiger partial charge >= 0.3 is 0 Å². The summed E-state index contributed by atoms with van der Waals surface area (Å²) in [4.78, 5) is 5.68. The van der Waals surface area contributed by atoms with Crippen LogP contribution >= 0.6 is 46.1 Å². The molecule has 0 aliphatic heterocycles. The lowest BCUT2D eigenvalue weighted by atomic mass is 10.1. The Labute approximate surface area is 141 Å². The van der Waals surface area contributed by atoms with Crippen LogP contribution in [0.2, 0.25) is 15.1 Å². The Kier molecular flexibility index (Phi) is 4.23. The molecule has 0 bridgehead atoms. The summed E-state index contributed by atoms with van der Waals surface area (Å²) in [6, 6.07) is 11.1. The molecule has 106 valence electrons. The second-order valence-electron chi connectivity index (χ2n) is 4.60. The molecule has 0 aliphatic carbocycles. The van der Waals surface area contributed by atoms with E-state index in [-0.39, 0.29) is 0 Å². The van der Waals surface area contributed by atoms with Gasteiger partial charge in [0.1, 0.15) is 0 Å². The van der Waals surface area contributed by atoms with E-state index >= 15 is 0 Å². The van der Waals surface area contributed by atoms with Crippen LogP contribution in [0, 0.1) is 6.92 Å². The summed E-state index contributed by atoms with van der Waals surface area (Å²) >= 11 is 19.8. The van der Waals surface area contributed by atoms with E-state index in [1.165, 1.54) is 9.58 Å². The van der Waals surface area contributed by atoms with E-state index in [4.69, 9.17) is 34.8 Å². The highest BCUT2D eigenvalue weighted by molar-refractivity contribution is 7.19. The van der Waals surface area contributed by atoms with Crippen LogP contribution in [-0.4, -0.2) is 6.21 Å². The molecule has 1 aromatic heterocycles. The van der Waals surface area contributed by atoms with Crippen LogP contribution in [0.1, 0.15) is 10.4 Å². The summed E-state index contributed by atoms with van der Waals surface area (Å²) in [5, 5.41) is 2.98. The largest absolute Gasteiger partial charge is 0.256 e. The molecule has 1 heterocycles. The van der Waals surface area contributed by atoms with E-state index in [0.29, 0.717) is 10.0 Å². The van der Waals surface area contributed by atoms with Crippen molar-refractivity contribution in [3.63, 3.8) is 0 Å². The normalized spacial score (nSPS) is 11.6. The number of halogens is 3. The minimum absolute atomic E-state index is 0.574. The molecule has 21 heavy (non-hydrogen) atoms. The summed E-state index contributed by atoms with van der Waals surface area (Å²) in [6.45, 7) is 2.07. The topological polar surface area (TPSA) is 12.4 Å². The van der Waals surface area contributed by atoms with Crippen LogP contribution in [0.5, 0.6) is 0 Å². The third-order valence-electron chi connectivity index (χ3n) is 3.06. The molecule has 0 amide bonds. The van der Waals surface area contributed by atoms with E-state index in [2.05, 4.69) is 11.9 Å². The maximum atomic E-state index is 6.08. The zero-order chi connectivity index (χ0) is 15.0. The van der Waals surface area contributed by atoms with E-state index in [1.54, 1.807) is 29.5 Å². The van der Waals surface area contributed by atoms with Crippen molar-refractivity contribution in [2.45, 2.75) is 6.92 Å². The minimum Gasteiger partial charge on any atom is -0.256 e. The minimum atomic E-state index is 0.574. The SMILES string of the molecule is Cc1sc2ccc(Cl)cc2c1/C=N/c1cc(Cl)cc(Cl)c1. The highest BCUT2D eigenvalue weighted by Crippen LogP contribution is 2.32. The number of aryl methyl sites for hydroxylation is 1. The Bertz CT molecular complexity index is 832. The molecule has 2 aromatic carbocycles. The lowest BCUT2D eigenvalue weighted by molar-refractivity contribution is 1.52. The molecule has 5 heteroatoms. The Morgan fingerprint density at radius 2 is 1.67 bits per heavy atom. The maximum absolute atomic E-state index is 6.08. The number of benzene rings is 2. The van der Waals surface area contributed by atoms with Gasteiger partial charge in [0.25, 0.3) is 0 Å². The van der Waals surface area contributed by atoms with Gasteiger partial charge in [0.2, 0.25) is 0 Å². The van der Waals surface area contributed by atoms with Crippen LogP contribution in [0.15, 0.2) is 41.4 Å². The average molecular weight is 355 g/mol. The zero-order valence-corrected chi connectivity index (χ0v) is 14.1. The van der Waals surface area contributed by atoms with Gasteiger partial charge in [-0.3, -0.25) is 4.99 Å². The van der Waals surface area contributed by atoms with Gasteiger partial charge in [-0.1, -0.05) is 34.8 Å². The molecule has 0 spiro atoms. The van der Waals surface area contributed by atoms with Gasteiger partial charge in [-0.2, -0.15) is 0 Å². The molecule has 0 saturated heterocycles. The lowest BCUT2D eigenvalue weighted by Crippen LogP contribution is -1.81. The summed E-state index contributed by atoms with van der Waals surface area (Å²) in [5.41, 5.74) is 1.81. The summed E-state index contributed by atoms with van der Waals surface area (Å²) in [6.07, 6.45) is 1.84. The lowest BCUT2D eigenvalue weighted by Gasteiger charge is -1.98. The first-order chi connectivity index (χ1) is 10.0. The van der Waals surface area contributed by atoms with E-state index < -0.39 is 0 Å². The standard InChI is InChI=1S/C16H10Cl3NS/c1-9-15(14-7-10(17)2-3-16(14)21-9)8-20-13-5-11(18)4-12(19)6-13/h2-8H,1H3/b20-8+. The van der Waals surface area contributed by atoms with Crippen molar-refractivity contribution in [3.8, 4) is 0 Å². The monoisotopic (exact) mass is 353 g/mol. The Balaban J connectivity index is 2.06. The van der Waals surface area contributed by atoms with Gasteiger partial charge < -0.3 is 0 Å². The number of rotatable bonds is 2. The fourth-order valence-corrected chi connectivity index (χ4v) is 3.83. The first kappa shape index (κ1) is 14.9. The molecular weight excluding hydrogens is 345 g/mol. The maximum Gasteiger partial charge on any atom is 0.0659 e. The fourth-order valence-electron chi connectivity index (χ4n) is 2.12. The van der Waals surface area contributed by atoms with E-state index in [9.17, 15) is 0 Å². The molecule has 0 N–H and O–H groups in total. The Morgan fingerprint density at radius 3 is 2.38 bits per heavy atom. The molecule has 0 unspecified atom stereocenters. The van der Waals surface area contributed by atoms with Crippen molar-refractivity contribution in [3.05, 3.63) is 61.9 Å². The van der Waals surface area contributed by atoms with Gasteiger partial charge in [0, 0.05) is 41.8 Å². The van der Waals surface area contributed by atoms with Crippen molar-refractivity contribution in [2.75, 3.05) is 0 Å². The molecule has 0 fully saturated rings. The summed E-state index contributed by atoms with van der Waals surface area (Å²) < 4.78 is 1.20. The van der Waals surface area contributed by atoms with Gasteiger partial charge in [0.15, 0.2) is 0 Å². The second-order valence-corrected chi connectivity index (χ2v) is 7.16. The van der Waals surface area contributed by atoms with Gasteiger partial charge in [0.05, 0.1) is 5.69 Å². The van der Waals surface area contributed by atoms with Crippen LogP contribution in [0.25, 0.3) is 10.1 Å². The number of aliphatic imine (C=N–C) groups is 1. The average Bonchev–Trinajstić information content (AvgIpc) is 2.70. The van der Waals surface area contributed by atoms with Crippen LogP contribution in [0.3, 0.4) is 0 Å². The van der Waals surface area contributed by atoms with Crippen molar-refractivity contribution < 1.29 is 0 Å². The number of fused-ring (bicyclic) bond motifs is 1. The van der Waals surface area contributed by atoms with Crippen molar-refractivity contribution in [2.24, 2.45) is 4.99 Å². The third-order valence-corrected chi connectivity index (χ3v) is 4.84. The van der Waals surface area contributed by atoms with Crippen molar-refractivity contribution >= 4 is 68.1 Å². The molecule has 0 aliphatic rings. The predicted octanol–water partition coefficient (Wildman–Crippen LogP) is 6.92. The van der Waals surface area contributed by atoms with Crippen LogP contribution in [-0.2, 0) is 0 Å². The van der Waals surface area contributed by atoms with Crippen molar-refractivity contribution in [1.29, 1.82) is 0 Å². The first-order valence-electron chi connectivity index (χ1n) is 6.22. The first-order valence-corrected chi connectivity index (χ1v) is 8.17. The zero-order valence-electron chi connectivity index (χ0n) is 11.0. The smallest absolute Gasteiger partial charge is 0.0659 e. The van der Waals surface area contributed by atoms with Crippen molar-refractivity contribution in [1.82, 2.24) is 0 Å². The molecule has 3 aromatic rings. The summed E-state index contributed by atoms with van der Waals surface area (Å²) in [5.74, 6) is 0.